The smallest absolute Gasteiger partial charge is 0.377 e. The van der Waals surface area contributed by atoms with Gasteiger partial charge in [0.15, 0.2) is 5.82 Å². The molecular formula is C23H26F3N7O3S. The second-order valence-electron chi connectivity index (χ2n) is 8.72. The summed E-state index contributed by atoms with van der Waals surface area (Å²) in [5, 5.41) is 11.4. The SMILES string of the molecule is CCc1c(N2CCNCC2)c(=O)n2nc(C3=CCOCC3)nc2n1CC(=O)Nc1cc(C(F)(F)F)cs1. The van der Waals surface area contributed by atoms with Crippen molar-refractivity contribution in [2.45, 2.75) is 32.5 Å². The molecule has 0 radical (unpaired) electrons. The lowest BCUT2D eigenvalue weighted by atomic mass is 10.1. The number of nitrogens with zero attached hydrogens (tertiary/aromatic N) is 5. The summed E-state index contributed by atoms with van der Waals surface area (Å²) in [7, 11) is 0. The molecule has 3 aromatic rings. The number of amides is 1. The largest absolute Gasteiger partial charge is 0.417 e. The number of thiophene rings is 1. The van der Waals surface area contributed by atoms with Crippen LogP contribution in [-0.4, -0.2) is 64.5 Å². The van der Waals surface area contributed by atoms with E-state index in [4.69, 9.17) is 4.74 Å². The first-order valence-electron chi connectivity index (χ1n) is 12.0. The lowest BCUT2D eigenvalue weighted by Crippen LogP contribution is -2.47. The van der Waals surface area contributed by atoms with Crippen LogP contribution in [-0.2, 0) is 28.7 Å². The molecule has 0 atom stereocenters. The minimum atomic E-state index is -4.49. The maximum Gasteiger partial charge on any atom is 0.417 e. The quantitative estimate of drug-likeness (QED) is 0.498. The fourth-order valence-corrected chi connectivity index (χ4v) is 5.38. The van der Waals surface area contributed by atoms with Crippen LogP contribution in [0.2, 0.25) is 0 Å². The lowest BCUT2D eigenvalue weighted by molar-refractivity contribution is -0.137. The highest BCUT2D eigenvalue weighted by Crippen LogP contribution is 2.34. The van der Waals surface area contributed by atoms with Crippen molar-refractivity contribution in [2.75, 3.05) is 49.6 Å². The van der Waals surface area contributed by atoms with Gasteiger partial charge in [-0.2, -0.15) is 22.7 Å². The molecule has 37 heavy (non-hydrogen) atoms. The monoisotopic (exact) mass is 537 g/mol. The molecule has 1 fully saturated rings. The average Bonchev–Trinajstić information content (AvgIpc) is 3.54. The van der Waals surface area contributed by atoms with Crippen LogP contribution in [0.4, 0.5) is 23.9 Å². The fraction of sp³-hybridized carbons (Fsp3) is 0.478. The Hall–Kier alpha value is -3.23. The third-order valence-electron chi connectivity index (χ3n) is 6.34. The summed E-state index contributed by atoms with van der Waals surface area (Å²) in [6.07, 6.45) is -1.59. The molecule has 2 aliphatic heterocycles. The van der Waals surface area contributed by atoms with Gasteiger partial charge in [0.05, 0.1) is 29.5 Å². The van der Waals surface area contributed by atoms with Gasteiger partial charge in [-0.3, -0.25) is 9.59 Å². The molecule has 2 aliphatic rings. The van der Waals surface area contributed by atoms with Crippen LogP contribution < -0.4 is 21.1 Å². The van der Waals surface area contributed by atoms with Gasteiger partial charge in [-0.1, -0.05) is 13.0 Å². The number of hydrogen-bond donors (Lipinski definition) is 2. The van der Waals surface area contributed by atoms with Gasteiger partial charge in [0, 0.05) is 31.6 Å². The Labute approximate surface area is 213 Å². The molecule has 14 heteroatoms. The van der Waals surface area contributed by atoms with E-state index in [0.717, 1.165) is 28.4 Å². The third-order valence-corrected chi connectivity index (χ3v) is 7.18. The first-order chi connectivity index (χ1) is 17.8. The highest BCUT2D eigenvalue weighted by Gasteiger charge is 2.32. The molecule has 5 rings (SSSR count). The molecular weight excluding hydrogens is 511 g/mol. The zero-order chi connectivity index (χ0) is 26.2. The van der Waals surface area contributed by atoms with E-state index in [1.54, 1.807) is 4.57 Å². The number of nitrogens with one attached hydrogen (secondary N) is 2. The summed E-state index contributed by atoms with van der Waals surface area (Å²) >= 11 is 0.801. The highest BCUT2D eigenvalue weighted by molar-refractivity contribution is 7.14. The van der Waals surface area contributed by atoms with Gasteiger partial charge in [0.25, 0.3) is 5.56 Å². The Morgan fingerprint density at radius 2 is 2.08 bits per heavy atom. The van der Waals surface area contributed by atoms with E-state index < -0.39 is 17.6 Å². The van der Waals surface area contributed by atoms with Crippen molar-refractivity contribution in [3.05, 3.63) is 45.0 Å². The molecule has 2 N–H and O–H groups in total. The molecule has 5 heterocycles. The van der Waals surface area contributed by atoms with Gasteiger partial charge < -0.3 is 24.8 Å². The number of ether oxygens (including phenoxy) is 1. The van der Waals surface area contributed by atoms with E-state index in [1.165, 1.54) is 4.52 Å². The van der Waals surface area contributed by atoms with Crippen molar-refractivity contribution in [3.8, 4) is 0 Å². The molecule has 0 spiro atoms. The topological polar surface area (TPSA) is 106 Å². The summed E-state index contributed by atoms with van der Waals surface area (Å²) in [5.41, 5.74) is 0.796. The van der Waals surface area contributed by atoms with Gasteiger partial charge in [0.2, 0.25) is 11.7 Å². The van der Waals surface area contributed by atoms with E-state index in [-0.39, 0.29) is 22.9 Å². The van der Waals surface area contributed by atoms with E-state index in [9.17, 15) is 22.8 Å². The second kappa shape index (κ2) is 10.3. The molecule has 0 saturated carbocycles. The number of aromatic nitrogens is 4. The van der Waals surface area contributed by atoms with E-state index >= 15 is 0 Å². The van der Waals surface area contributed by atoms with Crippen LogP contribution in [0.25, 0.3) is 11.4 Å². The number of alkyl halides is 3. The standard InChI is InChI=1S/C23H26F3N7O3S/c1-2-16-19(31-7-5-27-6-8-31)21(35)33-22(29-20(30-33)14-3-9-36-10-4-14)32(16)12-17(34)28-18-11-15(13-37-18)23(24,25)26/h3,11,13,27H,2,4-10,12H2,1H3,(H,28,34). The molecule has 3 aromatic heterocycles. The van der Waals surface area contributed by atoms with Crippen molar-refractivity contribution >= 4 is 39.3 Å². The third kappa shape index (κ3) is 5.13. The maximum absolute atomic E-state index is 13.7. The average molecular weight is 538 g/mol. The number of hydrogen-bond acceptors (Lipinski definition) is 8. The second-order valence-corrected chi connectivity index (χ2v) is 9.64. The summed E-state index contributed by atoms with van der Waals surface area (Å²) < 4.78 is 47.2. The zero-order valence-corrected chi connectivity index (χ0v) is 20.9. The predicted octanol–water partition coefficient (Wildman–Crippen LogP) is 2.39. The van der Waals surface area contributed by atoms with Crippen LogP contribution in [0.3, 0.4) is 0 Å². The molecule has 0 unspecified atom stereocenters. The number of carbonyl (C=O) groups excluding carboxylic acids is 1. The minimum Gasteiger partial charge on any atom is -0.377 e. The van der Waals surface area contributed by atoms with Crippen molar-refractivity contribution in [3.63, 3.8) is 0 Å². The number of anilines is 2. The van der Waals surface area contributed by atoms with Crippen molar-refractivity contribution in [2.24, 2.45) is 0 Å². The van der Waals surface area contributed by atoms with Crippen molar-refractivity contribution in [1.82, 2.24) is 24.5 Å². The number of halogens is 3. The lowest BCUT2D eigenvalue weighted by Gasteiger charge is -2.31. The number of rotatable bonds is 6. The molecule has 1 amide bonds. The number of carbonyl (C=O) groups is 1. The molecule has 10 nitrogen and oxygen atoms in total. The highest BCUT2D eigenvalue weighted by atomic mass is 32.1. The molecule has 198 valence electrons. The first-order valence-corrected chi connectivity index (χ1v) is 12.8. The normalized spacial score (nSPS) is 16.8. The van der Waals surface area contributed by atoms with E-state index in [0.29, 0.717) is 69.4 Å². The van der Waals surface area contributed by atoms with Crippen LogP contribution in [0.5, 0.6) is 0 Å². The van der Waals surface area contributed by atoms with Crippen molar-refractivity contribution in [1.29, 1.82) is 0 Å². The summed E-state index contributed by atoms with van der Waals surface area (Å²) in [4.78, 5) is 33.3. The Morgan fingerprint density at radius 3 is 2.73 bits per heavy atom. The van der Waals surface area contributed by atoms with Gasteiger partial charge in [0.1, 0.15) is 12.2 Å². The Kier molecular flexibility index (Phi) is 7.05. The van der Waals surface area contributed by atoms with E-state index in [2.05, 4.69) is 20.7 Å². The predicted molar refractivity (Wildman–Crippen MR) is 133 cm³/mol. The van der Waals surface area contributed by atoms with Crippen LogP contribution >= 0.6 is 11.3 Å². The molecule has 0 aromatic carbocycles. The first kappa shape index (κ1) is 25.4. The summed E-state index contributed by atoms with van der Waals surface area (Å²) in [6, 6.07) is 0.906. The van der Waals surface area contributed by atoms with Gasteiger partial charge >= 0.3 is 6.18 Å². The minimum absolute atomic E-state index is 0.0873. The molecule has 1 saturated heterocycles. The van der Waals surface area contributed by atoms with E-state index in [1.807, 2.05) is 17.9 Å². The Bertz CT molecular complexity index is 1400. The summed E-state index contributed by atoms with van der Waals surface area (Å²) in [5.74, 6) is 0.0690. The van der Waals surface area contributed by atoms with Crippen LogP contribution in [0.1, 0.15) is 30.4 Å². The summed E-state index contributed by atoms with van der Waals surface area (Å²) in [6.45, 7) is 5.21. The van der Waals surface area contributed by atoms with Gasteiger partial charge in [-0.25, -0.2) is 0 Å². The number of fused-ring (bicyclic) bond motifs is 1. The zero-order valence-electron chi connectivity index (χ0n) is 20.1. The maximum atomic E-state index is 13.7. The Morgan fingerprint density at radius 1 is 1.30 bits per heavy atom. The molecule has 0 bridgehead atoms. The van der Waals surface area contributed by atoms with Crippen LogP contribution in [0.15, 0.2) is 22.3 Å². The van der Waals surface area contributed by atoms with Gasteiger partial charge in [-0.15, -0.1) is 16.4 Å². The van der Waals surface area contributed by atoms with Crippen LogP contribution in [0, 0.1) is 0 Å². The number of piperazine rings is 1. The molecule has 0 aliphatic carbocycles. The van der Waals surface area contributed by atoms with Gasteiger partial charge in [-0.05, 0) is 24.5 Å². The van der Waals surface area contributed by atoms with Crippen molar-refractivity contribution < 1.29 is 22.7 Å². The fourth-order valence-electron chi connectivity index (χ4n) is 4.55. The Balaban J connectivity index is 1.57.